The van der Waals surface area contributed by atoms with E-state index < -0.39 is 10.0 Å². The van der Waals surface area contributed by atoms with Gasteiger partial charge in [-0.25, -0.2) is 13.1 Å². The van der Waals surface area contributed by atoms with Crippen LogP contribution < -0.4 is 15.4 Å². The highest BCUT2D eigenvalue weighted by atomic mass is 32.2. The summed E-state index contributed by atoms with van der Waals surface area (Å²) in [7, 11) is -1.93. The summed E-state index contributed by atoms with van der Waals surface area (Å²) in [5.74, 6) is -0.190. The monoisotopic (exact) mass is 315 g/mol. The number of rotatable bonds is 10. The van der Waals surface area contributed by atoms with Crippen molar-refractivity contribution in [1.29, 1.82) is 0 Å². The van der Waals surface area contributed by atoms with Gasteiger partial charge in [0.15, 0.2) is 0 Å². The fourth-order valence-electron chi connectivity index (χ4n) is 1.51. The topological polar surface area (TPSA) is 96.5 Å². The van der Waals surface area contributed by atoms with E-state index in [1.807, 2.05) is 0 Å². The average Bonchev–Trinajstić information content (AvgIpc) is 2.49. The van der Waals surface area contributed by atoms with Gasteiger partial charge in [0.05, 0.1) is 18.0 Å². The van der Waals surface area contributed by atoms with Crippen LogP contribution in [0.4, 0.5) is 0 Å². The molecule has 0 aliphatic heterocycles. The molecule has 3 N–H and O–H groups in total. The highest BCUT2D eigenvalue weighted by Gasteiger charge is 2.12. The van der Waals surface area contributed by atoms with E-state index in [-0.39, 0.29) is 30.4 Å². The summed E-state index contributed by atoms with van der Waals surface area (Å²) in [5, 5.41) is 5.51. The van der Waals surface area contributed by atoms with E-state index in [0.717, 1.165) is 0 Å². The van der Waals surface area contributed by atoms with Gasteiger partial charge in [-0.1, -0.05) is 18.2 Å². The maximum absolute atomic E-state index is 11.9. The van der Waals surface area contributed by atoms with Gasteiger partial charge in [0.25, 0.3) is 0 Å². The smallest absolute Gasteiger partial charge is 0.240 e. The molecule has 0 fully saturated rings. The Hall–Kier alpha value is -1.48. The number of benzene rings is 1. The standard InChI is InChI=1S/C13H21N3O4S/c1-20-10-9-14-11-13(17)15-7-8-16-21(18,19)12-5-3-2-4-6-12/h2-6,14,16H,7-11H2,1H3,(H,15,17). The van der Waals surface area contributed by atoms with Gasteiger partial charge in [0.1, 0.15) is 0 Å². The normalized spacial score (nSPS) is 11.3. The zero-order valence-corrected chi connectivity index (χ0v) is 12.8. The lowest BCUT2D eigenvalue weighted by atomic mass is 10.4. The Bertz CT molecular complexity index is 519. The first-order chi connectivity index (χ1) is 10.1. The largest absolute Gasteiger partial charge is 0.383 e. The van der Waals surface area contributed by atoms with Crippen LogP contribution in [-0.2, 0) is 19.6 Å². The van der Waals surface area contributed by atoms with Crippen LogP contribution in [-0.4, -0.2) is 54.2 Å². The van der Waals surface area contributed by atoms with Crippen molar-refractivity contribution in [3.63, 3.8) is 0 Å². The molecule has 8 heteroatoms. The average molecular weight is 315 g/mol. The molecule has 0 saturated heterocycles. The third-order valence-corrected chi connectivity index (χ3v) is 4.04. The molecule has 1 aromatic carbocycles. The summed E-state index contributed by atoms with van der Waals surface area (Å²) in [6.45, 7) is 1.67. The van der Waals surface area contributed by atoms with E-state index in [1.54, 1.807) is 25.3 Å². The van der Waals surface area contributed by atoms with Crippen molar-refractivity contribution in [2.45, 2.75) is 4.90 Å². The van der Waals surface area contributed by atoms with Crippen LogP contribution in [0.2, 0.25) is 0 Å². The molecule has 0 unspecified atom stereocenters. The maximum atomic E-state index is 11.9. The SMILES string of the molecule is COCCNCC(=O)NCCNS(=O)(=O)c1ccccc1. The van der Waals surface area contributed by atoms with E-state index in [4.69, 9.17) is 4.74 Å². The fourth-order valence-corrected chi connectivity index (χ4v) is 2.56. The predicted molar refractivity (Wildman–Crippen MR) is 79.4 cm³/mol. The molecule has 0 aromatic heterocycles. The van der Waals surface area contributed by atoms with Crippen molar-refractivity contribution < 1.29 is 17.9 Å². The lowest BCUT2D eigenvalue weighted by Crippen LogP contribution is -2.39. The highest BCUT2D eigenvalue weighted by molar-refractivity contribution is 7.89. The summed E-state index contributed by atoms with van der Waals surface area (Å²) in [6, 6.07) is 8.08. The molecule has 7 nitrogen and oxygen atoms in total. The first-order valence-electron chi connectivity index (χ1n) is 6.57. The number of carbonyl (C=O) groups is 1. The molecule has 0 aliphatic carbocycles. The zero-order chi connectivity index (χ0) is 15.6. The predicted octanol–water partition coefficient (Wildman–Crippen LogP) is -0.683. The van der Waals surface area contributed by atoms with Crippen molar-refractivity contribution in [3.05, 3.63) is 30.3 Å². The number of ether oxygens (including phenoxy) is 1. The van der Waals surface area contributed by atoms with Crippen LogP contribution in [0.5, 0.6) is 0 Å². The Morgan fingerprint density at radius 2 is 1.86 bits per heavy atom. The van der Waals surface area contributed by atoms with Crippen molar-refractivity contribution in [2.75, 3.05) is 39.9 Å². The first kappa shape index (κ1) is 17.6. The van der Waals surface area contributed by atoms with Gasteiger partial charge in [0.2, 0.25) is 15.9 Å². The van der Waals surface area contributed by atoms with Crippen molar-refractivity contribution in [3.8, 4) is 0 Å². The quantitative estimate of drug-likeness (QED) is 0.497. The third-order valence-electron chi connectivity index (χ3n) is 2.56. The van der Waals surface area contributed by atoms with Gasteiger partial charge in [-0.05, 0) is 12.1 Å². The Morgan fingerprint density at radius 3 is 2.52 bits per heavy atom. The fraction of sp³-hybridized carbons (Fsp3) is 0.462. The third kappa shape index (κ3) is 7.19. The van der Waals surface area contributed by atoms with Crippen LogP contribution in [0.1, 0.15) is 0 Å². The van der Waals surface area contributed by atoms with Crippen LogP contribution in [0.25, 0.3) is 0 Å². The van der Waals surface area contributed by atoms with E-state index in [2.05, 4.69) is 15.4 Å². The summed E-state index contributed by atoms with van der Waals surface area (Å²) < 4.78 is 31.0. The van der Waals surface area contributed by atoms with Gasteiger partial charge in [0, 0.05) is 26.7 Å². The van der Waals surface area contributed by atoms with Crippen LogP contribution in [0.15, 0.2) is 35.2 Å². The molecule has 1 aromatic rings. The minimum absolute atomic E-state index is 0.140. The summed E-state index contributed by atoms with van der Waals surface area (Å²) in [6.07, 6.45) is 0. The zero-order valence-electron chi connectivity index (χ0n) is 12.0. The molecule has 21 heavy (non-hydrogen) atoms. The molecule has 1 amide bonds. The second kappa shape index (κ2) is 9.46. The maximum Gasteiger partial charge on any atom is 0.240 e. The molecule has 0 heterocycles. The number of methoxy groups -OCH3 is 1. The number of hydrogen-bond donors (Lipinski definition) is 3. The molecule has 1 rings (SSSR count). The van der Waals surface area contributed by atoms with Crippen LogP contribution >= 0.6 is 0 Å². The van der Waals surface area contributed by atoms with Gasteiger partial charge in [-0.2, -0.15) is 0 Å². The van der Waals surface area contributed by atoms with Crippen LogP contribution in [0.3, 0.4) is 0 Å². The Morgan fingerprint density at radius 1 is 1.14 bits per heavy atom. The molecule has 0 bridgehead atoms. The van der Waals surface area contributed by atoms with Gasteiger partial charge in [-0.3, -0.25) is 4.79 Å². The van der Waals surface area contributed by atoms with E-state index in [0.29, 0.717) is 13.2 Å². The number of sulfonamides is 1. The Balaban J connectivity index is 2.20. The molecule has 0 spiro atoms. The second-order valence-electron chi connectivity index (χ2n) is 4.23. The number of amides is 1. The Kier molecular flexibility index (Phi) is 7.91. The second-order valence-corrected chi connectivity index (χ2v) is 6.00. The number of carbonyl (C=O) groups excluding carboxylic acids is 1. The van der Waals surface area contributed by atoms with Crippen molar-refractivity contribution in [2.24, 2.45) is 0 Å². The van der Waals surface area contributed by atoms with Gasteiger partial charge >= 0.3 is 0 Å². The minimum atomic E-state index is -3.52. The minimum Gasteiger partial charge on any atom is -0.383 e. The summed E-state index contributed by atoms with van der Waals surface area (Å²) in [4.78, 5) is 11.6. The molecule has 0 saturated carbocycles. The van der Waals surface area contributed by atoms with E-state index in [1.165, 1.54) is 12.1 Å². The van der Waals surface area contributed by atoms with Crippen LogP contribution in [0, 0.1) is 0 Å². The molecular weight excluding hydrogens is 294 g/mol. The lowest BCUT2D eigenvalue weighted by Gasteiger charge is -2.08. The highest BCUT2D eigenvalue weighted by Crippen LogP contribution is 2.06. The van der Waals surface area contributed by atoms with E-state index >= 15 is 0 Å². The molecule has 118 valence electrons. The first-order valence-corrected chi connectivity index (χ1v) is 8.05. The number of nitrogens with one attached hydrogen (secondary N) is 3. The Labute approximate surface area is 125 Å². The van der Waals surface area contributed by atoms with Gasteiger partial charge in [-0.15, -0.1) is 0 Å². The summed E-state index contributed by atoms with van der Waals surface area (Å²) >= 11 is 0. The van der Waals surface area contributed by atoms with Crippen molar-refractivity contribution >= 4 is 15.9 Å². The van der Waals surface area contributed by atoms with Crippen molar-refractivity contribution in [1.82, 2.24) is 15.4 Å². The molecule has 0 atom stereocenters. The molecular formula is C13H21N3O4S. The number of hydrogen-bond acceptors (Lipinski definition) is 5. The summed E-state index contributed by atoms with van der Waals surface area (Å²) in [5.41, 5.74) is 0. The molecule has 0 radical (unpaired) electrons. The van der Waals surface area contributed by atoms with Gasteiger partial charge < -0.3 is 15.4 Å². The van der Waals surface area contributed by atoms with E-state index in [9.17, 15) is 13.2 Å². The molecule has 0 aliphatic rings. The lowest BCUT2D eigenvalue weighted by molar-refractivity contribution is -0.120.